The van der Waals surface area contributed by atoms with Crippen molar-refractivity contribution in [3.05, 3.63) is 64.7 Å². The van der Waals surface area contributed by atoms with Gasteiger partial charge in [-0.15, -0.1) is 12.4 Å². The number of nitrogens with two attached hydrogens (primary N) is 1. The van der Waals surface area contributed by atoms with Gasteiger partial charge in [-0.2, -0.15) is 0 Å². The second-order valence-corrected chi connectivity index (χ2v) is 11.8. The number of aliphatic hydroxyl groups is 1. The molecule has 3 atom stereocenters. The second-order valence-electron chi connectivity index (χ2n) is 11.4. The molecule has 2 aromatic carbocycles. The predicted octanol–water partition coefficient (Wildman–Crippen LogP) is 4.89. The Bertz CT molecular complexity index is 1110. The minimum absolute atomic E-state index is 0. The molecule has 0 aliphatic heterocycles. The minimum atomic E-state index is -0.912. The second kappa shape index (κ2) is 17.7. The van der Waals surface area contributed by atoms with Gasteiger partial charge >= 0.3 is 0 Å². The number of unbranched alkanes of at least 4 members (excludes halogenated alkanes) is 1. The summed E-state index contributed by atoms with van der Waals surface area (Å²) in [5.41, 5.74) is 7.25. The number of nitrogens with one attached hydrogen (secondary N) is 2. The van der Waals surface area contributed by atoms with Crippen molar-refractivity contribution >= 4 is 35.8 Å². The largest absolute Gasteiger partial charge is 0.493 e. The van der Waals surface area contributed by atoms with Gasteiger partial charge in [0.25, 0.3) is 5.91 Å². The predicted molar refractivity (Wildman–Crippen MR) is 170 cm³/mol. The molecule has 0 spiro atoms. The zero-order valence-corrected chi connectivity index (χ0v) is 26.5. The topological polar surface area (TPSA) is 123 Å². The Kier molecular flexibility index (Phi) is 15.1. The zero-order valence-electron chi connectivity index (χ0n) is 24.9. The van der Waals surface area contributed by atoms with Crippen LogP contribution >= 0.6 is 24.0 Å². The van der Waals surface area contributed by atoms with Crippen molar-refractivity contribution < 1.29 is 24.2 Å². The summed E-state index contributed by atoms with van der Waals surface area (Å²) in [6.45, 7) is 5.80. The lowest BCUT2D eigenvalue weighted by atomic mass is 9.64. The zero-order chi connectivity index (χ0) is 29.8. The number of rotatable bonds is 17. The van der Waals surface area contributed by atoms with E-state index in [1.807, 2.05) is 24.3 Å². The smallest absolute Gasteiger partial charge is 0.255 e. The van der Waals surface area contributed by atoms with Crippen LogP contribution in [0.15, 0.2) is 48.5 Å². The molecule has 5 N–H and O–H groups in total. The molecule has 0 aromatic heterocycles. The molecule has 2 aromatic rings. The molecular weight excluding hydrogens is 577 g/mol. The fourth-order valence-corrected chi connectivity index (χ4v) is 5.32. The molecule has 234 valence electrons. The van der Waals surface area contributed by atoms with Crippen molar-refractivity contribution in [3.8, 4) is 5.75 Å². The third kappa shape index (κ3) is 9.85. The van der Waals surface area contributed by atoms with E-state index < -0.39 is 17.6 Å². The molecule has 1 saturated carbocycles. The Hall–Kier alpha value is -2.36. The first-order valence-electron chi connectivity index (χ1n) is 14.6. The first kappa shape index (κ1) is 35.8. The summed E-state index contributed by atoms with van der Waals surface area (Å²) in [6.07, 6.45) is 3.81. The van der Waals surface area contributed by atoms with Gasteiger partial charge in [0.05, 0.1) is 23.7 Å². The highest BCUT2D eigenvalue weighted by atomic mass is 35.5. The average molecular weight is 625 g/mol. The van der Waals surface area contributed by atoms with Crippen LogP contribution in [-0.4, -0.2) is 62.5 Å². The molecule has 10 heteroatoms. The fourth-order valence-electron chi connectivity index (χ4n) is 5.19. The van der Waals surface area contributed by atoms with E-state index in [-0.39, 0.29) is 42.6 Å². The molecule has 1 aliphatic rings. The average Bonchev–Trinajstić information content (AvgIpc) is 2.94. The quantitative estimate of drug-likeness (QED) is 0.186. The number of carbonyl (C=O) groups is 2. The number of aliphatic hydroxyl groups excluding tert-OH is 1. The first-order chi connectivity index (χ1) is 19.7. The van der Waals surface area contributed by atoms with E-state index in [1.165, 1.54) is 0 Å². The van der Waals surface area contributed by atoms with Gasteiger partial charge in [0.1, 0.15) is 5.75 Å². The molecule has 3 unspecified atom stereocenters. The van der Waals surface area contributed by atoms with Crippen molar-refractivity contribution in [3.63, 3.8) is 0 Å². The molecule has 0 bridgehead atoms. The summed E-state index contributed by atoms with van der Waals surface area (Å²) >= 11 is 6.03. The Morgan fingerprint density at radius 2 is 1.69 bits per heavy atom. The van der Waals surface area contributed by atoms with E-state index in [0.717, 1.165) is 37.7 Å². The lowest BCUT2D eigenvalue weighted by Gasteiger charge is -2.41. The van der Waals surface area contributed by atoms with Gasteiger partial charge < -0.3 is 30.9 Å². The Balaban J connectivity index is 0.00000616. The van der Waals surface area contributed by atoms with Crippen LogP contribution in [0, 0.1) is 11.8 Å². The van der Waals surface area contributed by atoms with Gasteiger partial charge in [-0.1, -0.05) is 56.1 Å². The number of hydrogen-bond donors (Lipinski definition) is 4. The van der Waals surface area contributed by atoms with Crippen LogP contribution in [-0.2, 0) is 14.9 Å². The molecule has 8 nitrogen and oxygen atoms in total. The van der Waals surface area contributed by atoms with E-state index >= 15 is 0 Å². The Morgan fingerprint density at radius 1 is 1.02 bits per heavy atom. The van der Waals surface area contributed by atoms with Crippen molar-refractivity contribution in [2.75, 3.05) is 33.4 Å². The van der Waals surface area contributed by atoms with Crippen LogP contribution in [0.1, 0.15) is 68.3 Å². The van der Waals surface area contributed by atoms with E-state index in [0.29, 0.717) is 42.5 Å². The number of hydrogen-bond acceptors (Lipinski definition) is 6. The number of methoxy groups -OCH3 is 1. The summed E-state index contributed by atoms with van der Waals surface area (Å²) in [4.78, 5) is 26.2. The molecule has 1 fully saturated rings. The molecule has 42 heavy (non-hydrogen) atoms. The van der Waals surface area contributed by atoms with Crippen LogP contribution in [0.25, 0.3) is 0 Å². The maximum Gasteiger partial charge on any atom is 0.255 e. The van der Waals surface area contributed by atoms with Crippen molar-refractivity contribution in [1.29, 1.82) is 0 Å². The van der Waals surface area contributed by atoms with E-state index in [1.54, 1.807) is 31.4 Å². The third-order valence-electron chi connectivity index (χ3n) is 8.18. The summed E-state index contributed by atoms with van der Waals surface area (Å²) in [5.74, 6) is 0.503. The highest BCUT2D eigenvalue weighted by Crippen LogP contribution is 2.44. The van der Waals surface area contributed by atoms with Crippen LogP contribution in [0.3, 0.4) is 0 Å². The molecule has 2 amide bonds. The number of benzene rings is 2. The molecule has 0 radical (unpaired) electrons. The number of ether oxygens (including phenoxy) is 2. The third-order valence-corrected chi connectivity index (χ3v) is 8.43. The number of para-hydroxylation sites is 1. The van der Waals surface area contributed by atoms with E-state index in [9.17, 15) is 14.7 Å². The number of carbonyl (C=O) groups excluding carboxylic acids is 2. The number of amides is 2. The number of halogens is 2. The van der Waals surface area contributed by atoms with E-state index in [2.05, 4.69) is 24.5 Å². The summed E-state index contributed by atoms with van der Waals surface area (Å²) in [7, 11) is 1.67. The molecule has 3 rings (SSSR count). The van der Waals surface area contributed by atoms with Crippen LogP contribution in [0.2, 0.25) is 5.02 Å². The molecule has 0 saturated heterocycles. The van der Waals surface area contributed by atoms with Gasteiger partial charge in [-0.3, -0.25) is 9.59 Å². The van der Waals surface area contributed by atoms with Crippen molar-refractivity contribution in [1.82, 2.24) is 10.6 Å². The normalized spacial score (nSPS) is 16.0. The van der Waals surface area contributed by atoms with Gasteiger partial charge in [0, 0.05) is 37.9 Å². The van der Waals surface area contributed by atoms with Crippen molar-refractivity contribution in [2.24, 2.45) is 17.6 Å². The minimum Gasteiger partial charge on any atom is -0.493 e. The summed E-state index contributed by atoms with van der Waals surface area (Å²) in [6, 6.07) is 14.1. The molecule has 0 heterocycles. The maximum absolute atomic E-state index is 13.2. The summed E-state index contributed by atoms with van der Waals surface area (Å²) < 4.78 is 10.9. The maximum atomic E-state index is 13.2. The highest BCUT2D eigenvalue weighted by Gasteiger charge is 2.45. The van der Waals surface area contributed by atoms with Gasteiger partial charge in [-0.05, 0) is 73.8 Å². The summed E-state index contributed by atoms with van der Waals surface area (Å²) in [5, 5.41) is 17.4. The van der Waals surface area contributed by atoms with Crippen LogP contribution < -0.4 is 21.1 Å². The SMILES string of the molecule is COCCCCOc1ccccc1C(=O)NCC(CC(N)C(O)CNC(=O)C1(c2ccc(Cl)cc2)CCC1)C(C)C.Cl. The van der Waals surface area contributed by atoms with Crippen LogP contribution in [0.4, 0.5) is 0 Å². The monoisotopic (exact) mass is 623 g/mol. The Labute approximate surface area is 261 Å². The van der Waals surface area contributed by atoms with E-state index in [4.69, 9.17) is 26.8 Å². The Morgan fingerprint density at radius 3 is 2.31 bits per heavy atom. The highest BCUT2D eigenvalue weighted by molar-refractivity contribution is 6.30. The standard InChI is InChI=1S/C32H46ClN3O5.ClH/c1-22(2)23(20-35-30(38)26-9-4-5-10-29(26)41-18-7-6-17-40-3)19-27(34)28(37)21-36-31(39)32(15-8-16-32)24-11-13-25(33)14-12-24;/h4-5,9-14,22-23,27-28,37H,6-8,15-21,34H2,1-3H3,(H,35,38)(H,36,39);1H. The van der Waals surface area contributed by atoms with Crippen LogP contribution in [0.5, 0.6) is 5.75 Å². The van der Waals surface area contributed by atoms with Gasteiger partial charge in [0.15, 0.2) is 0 Å². The fraction of sp³-hybridized carbons (Fsp3) is 0.562. The molecule has 1 aliphatic carbocycles. The first-order valence-corrected chi connectivity index (χ1v) is 15.0. The van der Waals surface area contributed by atoms with Gasteiger partial charge in [0.2, 0.25) is 5.91 Å². The lowest BCUT2D eigenvalue weighted by molar-refractivity contribution is -0.130. The van der Waals surface area contributed by atoms with Crippen molar-refractivity contribution in [2.45, 2.75) is 69.9 Å². The molecular formula is C32H47Cl2N3O5. The van der Waals surface area contributed by atoms with Gasteiger partial charge in [-0.25, -0.2) is 0 Å². The lowest BCUT2D eigenvalue weighted by Crippen LogP contribution is -2.53.